The maximum absolute atomic E-state index is 4.17. The Kier molecular flexibility index (Phi) is 2.36. The van der Waals surface area contributed by atoms with Crippen molar-refractivity contribution in [1.82, 2.24) is 14.5 Å². The Balaban J connectivity index is 2.19. The molecule has 1 aliphatic rings. The second-order valence-corrected chi connectivity index (χ2v) is 3.92. The van der Waals surface area contributed by atoms with Crippen molar-refractivity contribution in [3.8, 4) is 0 Å². The van der Waals surface area contributed by atoms with Crippen LogP contribution in [0.1, 0.15) is 31.0 Å². The molecule has 1 aromatic rings. The van der Waals surface area contributed by atoms with Gasteiger partial charge >= 0.3 is 0 Å². The van der Waals surface area contributed by atoms with Gasteiger partial charge in [-0.25, -0.2) is 4.98 Å². The summed E-state index contributed by atoms with van der Waals surface area (Å²) in [5.41, 5.74) is 1.35. The molecule has 1 unspecified atom stereocenters. The largest absolute Gasteiger partial charge is 0.336 e. The van der Waals surface area contributed by atoms with Crippen LogP contribution >= 0.6 is 0 Å². The summed E-state index contributed by atoms with van der Waals surface area (Å²) < 4.78 is 2.13. The van der Waals surface area contributed by atoms with Crippen molar-refractivity contribution < 1.29 is 0 Å². The molecule has 1 aliphatic heterocycles. The number of piperidine rings is 1. The summed E-state index contributed by atoms with van der Waals surface area (Å²) in [5.74, 6) is 0. The van der Waals surface area contributed by atoms with Gasteiger partial charge < -0.3 is 4.57 Å². The highest BCUT2D eigenvalue weighted by molar-refractivity contribution is 5.05. The van der Waals surface area contributed by atoms with Crippen molar-refractivity contribution in [2.45, 2.75) is 25.3 Å². The topological polar surface area (TPSA) is 21.1 Å². The molecular weight excluding hydrogens is 162 g/mol. The van der Waals surface area contributed by atoms with Gasteiger partial charge in [-0.2, -0.15) is 0 Å². The van der Waals surface area contributed by atoms with Crippen LogP contribution in [-0.2, 0) is 7.05 Å². The lowest BCUT2D eigenvalue weighted by Crippen LogP contribution is -2.30. The lowest BCUT2D eigenvalue weighted by Gasteiger charge is -2.32. The number of nitrogens with zero attached hydrogens (tertiary/aromatic N) is 3. The molecular formula is C10H17N3. The fourth-order valence-corrected chi connectivity index (χ4v) is 2.14. The van der Waals surface area contributed by atoms with Gasteiger partial charge in [0.1, 0.15) is 0 Å². The van der Waals surface area contributed by atoms with Crippen LogP contribution < -0.4 is 0 Å². The zero-order chi connectivity index (χ0) is 9.26. The van der Waals surface area contributed by atoms with Crippen LogP contribution in [0.25, 0.3) is 0 Å². The third-order valence-corrected chi connectivity index (χ3v) is 2.97. The number of hydrogen-bond acceptors (Lipinski definition) is 2. The Morgan fingerprint density at radius 1 is 1.38 bits per heavy atom. The van der Waals surface area contributed by atoms with Crippen LogP contribution in [0.5, 0.6) is 0 Å². The molecule has 0 radical (unpaired) electrons. The Morgan fingerprint density at radius 2 is 2.23 bits per heavy atom. The molecule has 1 aromatic heterocycles. The van der Waals surface area contributed by atoms with Crippen molar-refractivity contribution in [2.24, 2.45) is 7.05 Å². The Labute approximate surface area is 79.4 Å². The molecule has 1 saturated heterocycles. The highest BCUT2D eigenvalue weighted by Gasteiger charge is 2.22. The van der Waals surface area contributed by atoms with Crippen molar-refractivity contribution in [1.29, 1.82) is 0 Å². The number of likely N-dealkylation sites (tertiary alicyclic amines) is 1. The highest BCUT2D eigenvalue weighted by atomic mass is 15.2. The van der Waals surface area contributed by atoms with Crippen LogP contribution in [0.15, 0.2) is 12.5 Å². The van der Waals surface area contributed by atoms with Gasteiger partial charge in [0.05, 0.1) is 18.1 Å². The number of hydrogen-bond donors (Lipinski definition) is 0. The predicted molar refractivity (Wildman–Crippen MR) is 52.4 cm³/mol. The van der Waals surface area contributed by atoms with E-state index in [-0.39, 0.29) is 0 Å². The first kappa shape index (κ1) is 8.75. The van der Waals surface area contributed by atoms with E-state index >= 15 is 0 Å². The maximum atomic E-state index is 4.17. The molecule has 0 bridgehead atoms. The van der Waals surface area contributed by atoms with Gasteiger partial charge in [-0.3, -0.25) is 4.90 Å². The number of aromatic nitrogens is 2. The first-order chi connectivity index (χ1) is 6.29. The van der Waals surface area contributed by atoms with E-state index < -0.39 is 0 Å². The van der Waals surface area contributed by atoms with E-state index in [1.165, 1.54) is 31.5 Å². The van der Waals surface area contributed by atoms with Gasteiger partial charge in [-0.1, -0.05) is 6.42 Å². The molecule has 13 heavy (non-hydrogen) atoms. The van der Waals surface area contributed by atoms with Crippen molar-refractivity contribution >= 4 is 0 Å². The molecule has 2 heterocycles. The lowest BCUT2D eigenvalue weighted by atomic mass is 10.0. The van der Waals surface area contributed by atoms with Crippen LogP contribution in [-0.4, -0.2) is 28.0 Å². The molecule has 72 valence electrons. The minimum Gasteiger partial charge on any atom is -0.336 e. The van der Waals surface area contributed by atoms with Crippen LogP contribution in [0.2, 0.25) is 0 Å². The number of imidazole rings is 1. The first-order valence-electron chi connectivity index (χ1n) is 4.95. The van der Waals surface area contributed by atoms with E-state index in [2.05, 4.69) is 28.5 Å². The smallest absolute Gasteiger partial charge is 0.0946 e. The maximum Gasteiger partial charge on any atom is 0.0946 e. The van der Waals surface area contributed by atoms with E-state index in [1.54, 1.807) is 0 Å². The summed E-state index contributed by atoms with van der Waals surface area (Å²) in [7, 11) is 4.28. The van der Waals surface area contributed by atoms with Gasteiger partial charge in [-0.15, -0.1) is 0 Å². The SMILES string of the molecule is CN1CCCCC1c1cncn1C. The number of rotatable bonds is 1. The Morgan fingerprint density at radius 3 is 2.85 bits per heavy atom. The van der Waals surface area contributed by atoms with Crippen LogP contribution in [0, 0.1) is 0 Å². The zero-order valence-corrected chi connectivity index (χ0v) is 8.40. The average Bonchev–Trinajstić information content (AvgIpc) is 2.52. The molecule has 3 nitrogen and oxygen atoms in total. The zero-order valence-electron chi connectivity index (χ0n) is 8.40. The van der Waals surface area contributed by atoms with Crippen molar-refractivity contribution in [2.75, 3.05) is 13.6 Å². The minimum absolute atomic E-state index is 0.584. The summed E-state index contributed by atoms with van der Waals surface area (Å²) in [5, 5.41) is 0. The highest BCUT2D eigenvalue weighted by Crippen LogP contribution is 2.28. The summed E-state index contributed by atoms with van der Waals surface area (Å²) >= 11 is 0. The molecule has 3 heteroatoms. The van der Waals surface area contributed by atoms with E-state index in [0.717, 1.165) is 0 Å². The standard InChI is InChI=1S/C10H17N3/c1-12-6-4-3-5-9(12)10-7-11-8-13(10)2/h7-9H,3-6H2,1-2H3. The molecule has 0 spiro atoms. The molecule has 2 rings (SSSR count). The van der Waals surface area contributed by atoms with E-state index in [4.69, 9.17) is 0 Å². The Hall–Kier alpha value is -0.830. The molecule has 1 atom stereocenters. The average molecular weight is 179 g/mol. The Bertz CT molecular complexity index is 279. The quantitative estimate of drug-likeness (QED) is 0.652. The van der Waals surface area contributed by atoms with Gasteiger partial charge in [0.15, 0.2) is 0 Å². The molecule has 0 amide bonds. The van der Waals surface area contributed by atoms with Gasteiger partial charge in [0.25, 0.3) is 0 Å². The summed E-state index contributed by atoms with van der Waals surface area (Å²) in [4.78, 5) is 6.60. The molecule has 0 aliphatic carbocycles. The fourth-order valence-electron chi connectivity index (χ4n) is 2.14. The second-order valence-electron chi connectivity index (χ2n) is 3.92. The monoisotopic (exact) mass is 179 g/mol. The summed E-state index contributed by atoms with van der Waals surface area (Å²) in [6.07, 6.45) is 7.84. The third kappa shape index (κ3) is 1.61. The van der Waals surface area contributed by atoms with Crippen LogP contribution in [0.4, 0.5) is 0 Å². The van der Waals surface area contributed by atoms with E-state index in [9.17, 15) is 0 Å². The van der Waals surface area contributed by atoms with Gasteiger partial charge in [-0.05, 0) is 26.4 Å². The minimum atomic E-state index is 0.584. The van der Waals surface area contributed by atoms with Crippen molar-refractivity contribution in [3.05, 3.63) is 18.2 Å². The first-order valence-corrected chi connectivity index (χ1v) is 4.95. The summed E-state index contributed by atoms with van der Waals surface area (Å²) in [6, 6.07) is 0.584. The predicted octanol–water partition coefficient (Wildman–Crippen LogP) is 1.58. The second kappa shape index (κ2) is 3.50. The number of aryl methyl sites for hydroxylation is 1. The molecule has 1 fully saturated rings. The summed E-state index contributed by atoms with van der Waals surface area (Å²) in [6.45, 7) is 1.22. The van der Waals surface area contributed by atoms with E-state index in [1.807, 2.05) is 12.5 Å². The molecule has 0 saturated carbocycles. The molecule has 0 aromatic carbocycles. The van der Waals surface area contributed by atoms with Crippen LogP contribution in [0.3, 0.4) is 0 Å². The van der Waals surface area contributed by atoms with Gasteiger partial charge in [0, 0.05) is 13.2 Å². The van der Waals surface area contributed by atoms with E-state index in [0.29, 0.717) is 6.04 Å². The molecule has 0 N–H and O–H groups in total. The van der Waals surface area contributed by atoms with Gasteiger partial charge in [0.2, 0.25) is 0 Å². The third-order valence-electron chi connectivity index (χ3n) is 2.97. The normalized spacial score (nSPS) is 24.9. The lowest BCUT2D eigenvalue weighted by molar-refractivity contribution is 0.181. The van der Waals surface area contributed by atoms with Crippen molar-refractivity contribution in [3.63, 3.8) is 0 Å². The fraction of sp³-hybridized carbons (Fsp3) is 0.700.